The summed E-state index contributed by atoms with van der Waals surface area (Å²) in [4.78, 5) is 18.7. The van der Waals surface area contributed by atoms with E-state index in [0.717, 1.165) is 51.5 Å². The molecule has 2 aliphatic heterocycles. The van der Waals surface area contributed by atoms with Gasteiger partial charge in [0.15, 0.2) is 0 Å². The minimum Gasteiger partial charge on any atom is -0.381 e. The van der Waals surface area contributed by atoms with E-state index in [1.165, 1.54) is 6.42 Å². The number of nitrogens with zero attached hydrogens (tertiary/aromatic N) is 2. The second-order valence-electron chi connectivity index (χ2n) is 6.77. The first-order valence-electron chi connectivity index (χ1n) is 8.99. The molecule has 3 heterocycles. The molecule has 134 valence electrons. The van der Waals surface area contributed by atoms with Crippen molar-refractivity contribution in [3.05, 3.63) is 23.9 Å². The van der Waals surface area contributed by atoms with E-state index in [2.05, 4.69) is 26.4 Å². The number of terminal acetylenes is 1. The second-order valence-corrected chi connectivity index (χ2v) is 6.77. The van der Waals surface area contributed by atoms with Crippen LogP contribution in [0.15, 0.2) is 18.3 Å². The molecule has 3 rings (SSSR count). The van der Waals surface area contributed by atoms with Crippen molar-refractivity contribution >= 4 is 11.7 Å². The van der Waals surface area contributed by atoms with E-state index in [4.69, 9.17) is 11.2 Å². The number of amides is 1. The molecule has 6 nitrogen and oxygen atoms in total. The lowest BCUT2D eigenvalue weighted by molar-refractivity contribution is 0.0958. The van der Waals surface area contributed by atoms with Gasteiger partial charge in [-0.3, -0.25) is 4.79 Å². The number of pyridine rings is 1. The summed E-state index contributed by atoms with van der Waals surface area (Å²) < 4.78 is 5.46. The molecule has 1 amide bonds. The lowest BCUT2D eigenvalue weighted by atomic mass is 10.0. The van der Waals surface area contributed by atoms with E-state index in [-0.39, 0.29) is 12.5 Å². The summed E-state index contributed by atoms with van der Waals surface area (Å²) in [6.07, 6.45) is 10.1. The van der Waals surface area contributed by atoms with Gasteiger partial charge < -0.3 is 20.3 Å². The number of hydrogen-bond acceptors (Lipinski definition) is 5. The van der Waals surface area contributed by atoms with E-state index < -0.39 is 0 Å². The third-order valence-corrected chi connectivity index (χ3v) is 4.86. The molecule has 6 heteroatoms. The Kier molecular flexibility index (Phi) is 6.26. The number of anilines is 1. The van der Waals surface area contributed by atoms with Crippen LogP contribution in [0.1, 0.15) is 29.6 Å². The zero-order chi connectivity index (χ0) is 17.5. The number of ether oxygens (including phenoxy) is 1. The van der Waals surface area contributed by atoms with Crippen LogP contribution in [0.5, 0.6) is 0 Å². The maximum Gasteiger partial charge on any atom is 0.253 e. The van der Waals surface area contributed by atoms with Crippen LogP contribution in [0.3, 0.4) is 0 Å². The van der Waals surface area contributed by atoms with Crippen LogP contribution < -0.4 is 10.6 Å². The Labute approximate surface area is 149 Å². The fourth-order valence-corrected chi connectivity index (χ4v) is 3.41. The van der Waals surface area contributed by atoms with E-state index in [1.807, 2.05) is 6.07 Å². The van der Waals surface area contributed by atoms with Gasteiger partial charge in [0, 0.05) is 38.5 Å². The van der Waals surface area contributed by atoms with E-state index in [0.29, 0.717) is 17.5 Å². The summed E-state index contributed by atoms with van der Waals surface area (Å²) in [6.45, 7) is 5.45. The third-order valence-electron chi connectivity index (χ3n) is 4.86. The number of carbonyl (C=O) groups excluding carboxylic acids is 1. The second kappa shape index (κ2) is 8.84. The predicted molar refractivity (Wildman–Crippen MR) is 97.4 cm³/mol. The number of piperidine rings is 1. The van der Waals surface area contributed by atoms with Crippen molar-refractivity contribution < 1.29 is 9.53 Å². The van der Waals surface area contributed by atoms with Crippen LogP contribution >= 0.6 is 0 Å². The Bertz CT molecular complexity index is 597. The summed E-state index contributed by atoms with van der Waals surface area (Å²) in [5, 5.41) is 6.11. The first-order valence-corrected chi connectivity index (χ1v) is 8.99. The smallest absolute Gasteiger partial charge is 0.253 e. The van der Waals surface area contributed by atoms with Gasteiger partial charge in [-0.25, -0.2) is 4.98 Å². The standard InChI is InChI=1S/C19H26N4O2/c1-2-8-20-19(24)16-3-4-18(21-12-16)22-17-5-9-23(10-6-17)13-15-7-11-25-14-15/h1,3-4,12,15,17H,5-11,13-14H2,(H,20,24)(H,21,22). The molecular formula is C19H26N4O2. The first kappa shape index (κ1) is 17.7. The molecule has 1 aromatic rings. The average Bonchev–Trinajstić information content (AvgIpc) is 3.15. The molecule has 0 saturated carbocycles. The Balaban J connectivity index is 1.42. The molecule has 2 fully saturated rings. The highest BCUT2D eigenvalue weighted by Crippen LogP contribution is 2.19. The number of carbonyl (C=O) groups is 1. The van der Waals surface area contributed by atoms with Gasteiger partial charge in [-0.2, -0.15) is 0 Å². The maximum absolute atomic E-state index is 11.8. The topological polar surface area (TPSA) is 66.5 Å². The van der Waals surface area contributed by atoms with Crippen molar-refractivity contribution in [2.24, 2.45) is 5.92 Å². The maximum atomic E-state index is 11.8. The van der Waals surface area contributed by atoms with Gasteiger partial charge in [0.05, 0.1) is 18.7 Å². The molecule has 2 saturated heterocycles. The molecule has 2 N–H and O–H groups in total. The molecule has 1 unspecified atom stereocenters. The normalized spacial score (nSPS) is 21.6. The van der Waals surface area contributed by atoms with Crippen molar-refractivity contribution in [1.29, 1.82) is 0 Å². The number of aromatic nitrogens is 1. The molecule has 2 aliphatic rings. The Morgan fingerprint density at radius 2 is 2.20 bits per heavy atom. The van der Waals surface area contributed by atoms with Gasteiger partial charge in [-0.15, -0.1) is 6.42 Å². The molecule has 0 aromatic carbocycles. The zero-order valence-corrected chi connectivity index (χ0v) is 14.5. The van der Waals surface area contributed by atoms with Crippen molar-refractivity contribution in [1.82, 2.24) is 15.2 Å². The molecular weight excluding hydrogens is 316 g/mol. The Morgan fingerprint density at radius 1 is 1.36 bits per heavy atom. The predicted octanol–water partition coefficient (Wildman–Crippen LogP) is 1.36. The van der Waals surface area contributed by atoms with Gasteiger partial charge in [0.25, 0.3) is 5.91 Å². The van der Waals surface area contributed by atoms with Gasteiger partial charge >= 0.3 is 0 Å². The van der Waals surface area contributed by atoms with Gasteiger partial charge in [0.1, 0.15) is 5.82 Å². The molecule has 1 aromatic heterocycles. The Hall–Kier alpha value is -2.10. The minimum absolute atomic E-state index is 0.193. The molecule has 0 bridgehead atoms. The molecule has 1 atom stereocenters. The fourth-order valence-electron chi connectivity index (χ4n) is 3.41. The highest BCUT2D eigenvalue weighted by molar-refractivity contribution is 5.94. The first-order chi connectivity index (χ1) is 12.2. The van der Waals surface area contributed by atoms with E-state index >= 15 is 0 Å². The summed E-state index contributed by atoms with van der Waals surface area (Å²) >= 11 is 0. The SMILES string of the molecule is C#CCNC(=O)c1ccc(NC2CCN(CC3CCOC3)CC2)nc1. The highest BCUT2D eigenvalue weighted by atomic mass is 16.5. The summed E-state index contributed by atoms with van der Waals surface area (Å²) in [5.74, 6) is 3.71. The van der Waals surface area contributed by atoms with Gasteiger partial charge in [-0.1, -0.05) is 5.92 Å². The summed E-state index contributed by atoms with van der Waals surface area (Å²) in [5.41, 5.74) is 0.523. The summed E-state index contributed by atoms with van der Waals surface area (Å²) in [7, 11) is 0. The lowest BCUT2D eigenvalue weighted by Crippen LogP contribution is -2.41. The molecule has 0 aliphatic carbocycles. The highest BCUT2D eigenvalue weighted by Gasteiger charge is 2.23. The van der Waals surface area contributed by atoms with Crippen LogP contribution in [-0.2, 0) is 4.74 Å². The largest absolute Gasteiger partial charge is 0.381 e. The number of rotatable bonds is 6. The minimum atomic E-state index is -0.193. The fraction of sp³-hybridized carbons (Fsp3) is 0.579. The van der Waals surface area contributed by atoms with Crippen LogP contribution in [-0.4, -0.2) is 61.2 Å². The van der Waals surface area contributed by atoms with Gasteiger partial charge in [-0.05, 0) is 37.3 Å². The van der Waals surface area contributed by atoms with E-state index in [1.54, 1.807) is 12.3 Å². The monoisotopic (exact) mass is 342 g/mol. The van der Waals surface area contributed by atoms with Crippen molar-refractivity contribution in [2.75, 3.05) is 44.7 Å². The number of nitrogens with one attached hydrogen (secondary N) is 2. The number of hydrogen-bond donors (Lipinski definition) is 2. The molecule has 25 heavy (non-hydrogen) atoms. The number of likely N-dealkylation sites (tertiary alicyclic amines) is 1. The lowest BCUT2D eigenvalue weighted by Gasteiger charge is -2.33. The van der Waals surface area contributed by atoms with Crippen LogP contribution in [0.2, 0.25) is 0 Å². The molecule has 0 radical (unpaired) electrons. The average molecular weight is 342 g/mol. The van der Waals surface area contributed by atoms with Crippen LogP contribution in [0.25, 0.3) is 0 Å². The van der Waals surface area contributed by atoms with Gasteiger partial charge in [0.2, 0.25) is 0 Å². The van der Waals surface area contributed by atoms with Crippen molar-refractivity contribution in [2.45, 2.75) is 25.3 Å². The van der Waals surface area contributed by atoms with Crippen LogP contribution in [0, 0.1) is 18.3 Å². The third kappa shape index (κ3) is 5.18. The molecule has 0 spiro atoms. The van der Waals surface area contributed by atoms with Crippen LogP contribution in [0.4, 0.5) is 5.82 Å². The summed E-state index contributed by atoms with van der Waals surface area (Å²) in [6, 6.07) is 4.06. The quantitative estimate of drug-likeness (QED) is 0.764. The zero-order valence-electron chi connectivity index (χ0n) is 14.5. The van der Waals surface area contributed by atoms with E-state index in [9.17, 15) is 4.79 Å². The van der Waals surface area contributed by atoms with Crippen molar-refractivity contribution in [3.63, 3.8) is 0 Å². The van der Waals surface area contributed by atoms with Crippen molar-refractivity contribution in [3.8, 4) is 12.3 Å². The Morgan fingerprint density at radius 3 is 2.84 bits per heavy atom.